The van der Waals surface area contributed by atoms with Crippen molar-refractivity contribution in [2.75, 3.05) is 13.1 Å². The summed E-state index contributed by atoms with van der Waals surface area (Å²) in [6.45, 7) is 0.791. The molecular weight excluding hydrogens is 325 g/mol. The van der Waals surface area contributed by atoms with Gasteiger partial charge in [0.25, 0.3) is 5.91 Å². The molecule has 3 heterocycles. The Bertz CT molecular complexity index is 707. The number of alkyl halides is 3. The second kappa shape index (κ2) is 6.42. The zero-order valence-corrected chi connectivity index (χ0v) is 12.4. The van der Waals surface area contributed by atoms with Crippen LogP contribution in [0.1, 0.15) is 22.5 Å². The van der Waals surface area contributed by atoms with Crippen molar-refractivity contribution in [1.82, 2.24) is 19.9 Å². The Labute approximate surface area is 135 Å². The summed E-state index contributed by atoms with van der Waals surface area (Å²) in [6.07, 6.45) is -0.264. The van der Waals surface area contributed by atoms with Crippen LogP contribution in [0.5, 0.6) is 5.88 Å². The number of carbonyl (C=O) groups excluding carboxylic acids is 1. The van der Waals surface area contributed by atoms with E-state index in [2.05, 4.69) is 15.0 Å². The maximum absolute atomic E-state index is 12.5. The Hall–Kier alpha value is -2.71. The van der Waals surface area contributed by atoms with Gasteiger partial charge in [0.1, 0.15) is 18.1 Å². The van der Waals surface area contributed by atoms with Gasteiger partial charge < -0.3 is 9.64 Å². The summed E-state index contributed by atoms with van der Waals surface area (Å²) in [5, 5.41) is 0. The molecule has 1 atom stereocenters. The molecule has 1 fully saturated rings. The van der Waals surface area contributed by atoms with Crippen molar-refractivity contribution in [2.24, 2.45) is 0 Å². The number of hydrogen-bond donors (Lipinski definition) is 0. The summed E-state index contributed by atoms with van der Waals surface area (Å²) in [4.78, 5) is 24.9. The number of halogens is 3. The molecule has 0 N–H and O–H groups in total. The molecule has 126 valence electrons. The van der Waals surface area contributed by atoms with Gasteiger partial charge >= 0.3 is 6.18 Å². The highest BCUT2D eigenvalue weighted by Gasteiger charge is 2.33. The first kappa shape index (κ1) is 16.2. The predicted octanol–water partition coefficient (Wildman–Crippen LogP) is 2.18. The highest BCUT2D eigenvalue weighted by Crippen LogP contribution is 2.27. The first-order valence-electron chi connectivity index (χ1n) is 7.18. The third kappa shape index (κ3) is 3.61. The van der Waals surface area contributed by atoms with Gasteiger partial charge in [0.15, 0.2) is 0 Å². The van der Waals surface area contributed by atoms with Crippen molar-refractivity contribution >= 4 is 5.91 Å². The third-order valence-electron chi connectivity index (χ3n) is 3.58. The molecule has 0 aromatic carbocycles. The van der Waals surface area contributed by atoms with Gasteiger partial charge in [0.05, 0.1) is 12.1 Å². The monoisotopic (exact) mass is 338 g/mol. The van der Waals surface area contributed by atoms with Crippen molar-refractivity contribution in [3.63, 3.8) is 0 Å². The highest BCUT2D eigenvalue weighted by molar-refractivity contribution is 5.94. The van der Waals surface area contributed by atoms with E-state index >= 15 is 0 Å². The van der Waals surface area contributed by atoms with E-state index in [4.69, 9.17) is 4.74 Å². The van der Waals surface area contributed by atoms with E-state index in [1.807, 2.05) is 0 Å². The minimum atomic E-state index is -4.52. The van der Waals surface area contributed by atoms with Crippen molar-refractivity contribution < 1.29 is 22.7 Å². The topological polar surface area (TPSA) is 68.2 Å². The van der Waals surface area contributed by atoms with Gasteiger partial charge in [0, 0.05) is 31.4 Å². The Kier molecular flexibility index (Phi) is 4.32. The lowest BCUT2D eigenvalue weighted by atomic mass is 10.2. The largest absolute Gasteiger partial charge is 0.472 e. The SMILES string of the molecule is O=C(c1ccc(C(F)(F)F)nc1)N1CC[C@@H](Oc2ccncn2)C1. The summed E-state index contributed by atoms with van der Waals surface area (Å²) >= 11 is 0. The predicted molar refractivity (Wildman–Crippen MR) is 76.2 cm³/mol. The first-order chi connectivity index (χ1) is 11.4. The fourth-order valence-electron chi connectivity index (χ4n) is 2.40. The lowest BCUT2D eigenvalue weighted by Crippen LogP contribution is -2.31. The number of likely N-dealkylation sites (tertiary alicyclic amines) is 1. The van der Waals surface area contributed by atoms with E-state index in [1.165, 1.54) is 11.2 Å². The van der Waals surface area contributed by atoms with Gasteiger partial charge in [-0.15, -0.1) is 0 Å². The number of hydrogen-bond acceptors (Lipinski definition) is 5. The molecule has 0 unspecified atom stereocenters. The fourth-order valence-corrected chi connectivity index (χ4v) is 2.40. The number of rotatable bonds is 3. The summed E-state index contributed by atoms with van der Waals surface area (Å²) in [5.74, 6) is 0.0468. The molecule has 1 aliphatic heterocycles. The third-order valence-corrected chi connectivity index (χ3v) is 3.58. The summed E-state index contributed by atoms with van der Waals surface area (Å²) in [5.41, 5.74) is -0.906. The molecule has 9 heteroatoms. The van der Waals surface area contributed by atoms with Crippen molar-refractivity contribution in [1.29, 1.82) is 0 Å². The Morgan fingerprint density at radius 1 is 1.25 bits per heavy atom. The van der Waals surface area contributed by atoms with E-state index in [9.17, 15) is 18.0 Å². The fraction of sp³-hybridized carbons (Fsp3) is 0.333. The smallest absolute Gasteiger partial charge is 0.433 e. The van der Waals surface area contributed by atoms with E-state index in [0.717, 1.165) is 18.3 Å². The standard InChI is InChI=1S/C15H13F3N4O2/c16-15(17,18)12-2-1-10(7-20-12)14(23)22-6-4-11(8-22)24-13-3-5-19-9-21-13/h1-3,5,7,9,11H,4,6,8H2/t11-/m1/s1. The van der Waals surface area contributed by atoms with Crippen LogP contribution in [0, 0.1) is 0 Å². The molecule has 0 bridgehead atoms. The molecule has 3 rings (SSSR count). The minimum Gasteiger partial charge on any atom is -0.472 e. The van der Waals surface area contributed by atoms with Gasteiger partial charge in [-0.3, -0.25) is 9.78 Å². The summed E-state index contributed by atoms with van der Waals surface area (Å²) in [6, 6.07) is 3.55. The quantitative estimate of drug-likeness (QED) is 0.858. The van der Waals surface area contributed by atoms with Crippen LogP contribution in [0.15, 0.2) is 36.9 Å². The van der Waals surface area contributed by atoms with Crippen LogP contribution in [0.4, 0.5) is 13.2 Å². The van der Waals surface area contributed by atoms with Crippen LogP contribution >= 0.6 is 0 Å². The number of ether oxygens (including phenoxy) is 1. The van der Waals surface area contributed by atoms with Crippen LogP contribution in [0.3, 0.4) is 0 Å². The van der Waals surface area contributed by atoms with Crippen LogP contribution in [-0.2, 0) is 6.18 Å². The normalized spacial score (nSPS) is 17.8. The molecule has 1 amide bonds. The van der Waals surface area contributed by atoms with Gasteiger partial charge in [-0.05, 0) is 12.1 Å². The first-order valence-corrected chi connectivity index (χ1v) is 7.18. The molecule has 0 spiro atoms. The number of amides is 1. The van der Waals surface area contributed by atoms with Crippen molar-refractivity contribution in [3.05, 3.63) is 48.2 Å². The van der Waals surface area contributed by atoms with Gasteiger partial charge in [-0.1, -0.05) is 0 Å². The maximum atomic E-state index is 12.5. The molecule has 2 aromatic heterocycles. The second-order valence-corrected chi connectivity index (χ2v) is 5.26. The molecule has 0 aliphatic carbocycles. The minimum absolute atomic E-state index is 0.116. The number of aromatic nitrogens is 3. The molecular formula is C15H13F3N4O2. The van der Waals surface area contributed by atoms with Gasteiger partial charge in [-0.2, -0.15) is 13.2 Å². The molecule has 0 saturated carbocycles. The Morgan fingerprint density at radius 2 is 2.08 bits per heavy atom. The molecule has 24 heavy (non-hydrogen) atoms. The average molecular weight is 338 g/mol. The number of carbonyl (C=O) groups is 1. The second-order valence-electron chi connectivity index (χ2n) is 5.26. The van der Waals surface area contributed by atoms with Crippen LogP contribution in [0.25, 0.3) is 0 Å². The maximum Gasteiger partial charge on any atom is 0.433 e. The lowest BCUT2D eigenvalue weighted by molar-refractivity contribution is -0.141. The van der Waals surface area contributed by atoms with E-state index in [0.29, 0.717) is 25.4 Å². The zero-order chi connectivity index (χ0) is 17.2. The zero-order valence-electron chi connectivity index (χ0n) is 12.4. The molecule has 0 radical (unpaired) electrons. The van der Waals surface area contributed by atoms with Gasteiger partial charge in [0.2, 0.25) is 5.88 Å². The average Bonchev–Trinajstić information content (AvgIpc) is 3.03. The molecule has 6 nitrogen and oxygen atoms in total. The molecule has 1 saturated heterocycles. The van der Waals surface area contributed by atoms with Crippen LogP contribution < -0.4 is 4.74 Å². The summed E-state index contributed by atoms with van der Waals surface area (Å²) < 4.78 is 43.1. The molecule has 1 aliphatic rings. The van der Waals surface area contributed by atoms with Crippen molar-refractivity contribution in [2.45, 2.75) is 18.7 Å². The van der Waals surface area contributed by atoms with Crippen LogP contribution in [-0.4, -0.2) is 45.0 Å². The van der Waals surface area contributed by atoms with Crippen LogP contribution in [0.2, 0.25) is 0 Å². The molecule has 2 aromatic rings. The summed E-state index contributed by atoms with van der Waals surface area (Å²) in [7, 11) is 0. The van der Waals surface area contributed by atoms with E-state index in [-0.39, 0.29) is 17.6 Å². The highest BCUT2D eigenvalue weighted by atomic mass is 19.4. The Morgan fingerprint density at radius 3 is 2.71 bits per heavy atom. The van der Waals surface area contributed by atoms with Crippen molar-refractivity contribution in [3.8, 4) is 5.88 Å². The number of pyridine rings is 1. The Balaban J connectivity index is 1.62. The van der Waals surface area contributed by atoms with E-state index < -0.39 is 11.9 Å². The van der Waals surface area contributed by atoms with Gasteiger partial charge in [-0.25, -0.2) is 9.97 Å². The lowest BCUT2D eigenvalue weighted by Gasteiger charge is -2.17. The van der Waals surface area contributed by atoms with E-state index in [1.54, 1.807) is 12.3 Å². The number of nitrogens with zero attached hydrogens (tertiary/aromatic N) is 4.